The Morgan fingerprint density at radius 2 is 1.91 bits per heavy atom. The lowest BCUT2D eigenvalue weighted by molar-refractivity contribution is 0.102. The van der Waals surface area contributed by atoms with Gasteiger partial charge in [-0.05, 0) is 72.7 Å². The Balaban J connectivity index is 1.35. The lowest BCUT2D eigenvalue weighted by atomic mass is 10.1. The van der Waals surface area contributed by atoms with Crippen LogP contribution in [0.4, 0.5) is 5.95 Å². The Labute approximate surface area is 195 Å². The minimum atomic E-state index is -0.243. The van der Waals surface area contributed by atoms with Crippen LogP contribution in [0.25, 0.3) is 0 Å². The number of benzene rings is 2. The first-order valence-corrected chi connectivity index (χ1v) is 11.4. The fraction of sp³-hybridized carbons (Fsp3) is 0.208. The highest BCUT2D eigenvalue weighted by atomic mass is 35.5. The van der Waals surface area contributed by atoms with E-state index in [0.29, 0.717) is 23.1 Å². The highest BCUT2D eigenvalue weighted by molar-refractivity contribution is 7.12. The molecule has 1 N–H and O–H groups in total. The van der Waals surface area contributed by atoms with Crippen LogP contribution in [0.3, 0.4) is 0 Å². The van der Waals surface area contributed by atoms with Crippen molar-refractivity contribution in [3.05, 3.63) is 91.9 Å². The number of carbonyl (C=O) groups is 1. The highest BCUT2D eigenvalue weighted by Gasteiger charge is 2.13. The molecule has 6 nitrogen and oxygen atoms in total. The average Bonchev–Trinajstić information content (AvgIpc) is 3.41. The molecule has 0 fully saturated rings. The van der Waals surface area contributed by atoms with E-state index in [9.17, 15) is 4.79 Å². The van der Waals surface area contributed by atoms with Gasteiger partial charge in [0.05, 0.1) is 11.4 Å². The first-order valence-electron chi connectivity index (χ1n) is 10.1. The van der Waals surface area contributed by atoms with E-state index < -0.39 is 0 Å². The molecule has 0 aliphatic heterocycles. The SMILES string of the molecule is Cc1cc(C)c(C)c(OCc2csc(C(=O)Nc3ncn(Cc4ccc(Cl)cc4)n3)c2)c1. The summed E-state index contributed by atoms with van der Waals surface area (Å²) < 4.78 is 7.67. The molecular formula is C24H23ClN4O2S. The summed E-state index contributed by atoms with van der Waals surface area (Å²) in [6, 6.07) is 13.5. The van der Waals surface area contributed by atoms with Gasteiger partial charge in [-0.2, -0.15) is 0 Å². The van der Waals surface area contributed by atoms with E-state index in [-0.39, 0.29) is 11.9 Å². The zero-order valence-corrected chi connectivity index (χ0v) is 19.6. The van der Waals surface area contributed by atoms with Crippen molar-refractivity contribution in [3.8, 4) is 5.75 Å². The number of rotatable bonds is 7. The molecule has 4 aromatic rings. The van der Waals surface area contributed by atoms with Crippen LogP contribution in [0.5, 0.6) is 5.75 Å². The fourth-order valence-corrected chi connectivity index (χ4v) is 4.17. The summed E-state index contributed by atoms with van der Waals surface area (Å²) in [5, 5.41) is 9.69. The number of nitrogens with zero attached hydrogens (tertiary/aromatic N) is 3. The second kappa shape index (κ2) is 9.54. The molecule has 0 aliphatic rings. The van der Waals surface area contributed by atoms with Crippen molar-refractivity contribution >= 4 is 34.8 Å². The molecule has 0 unspecified atom stereocenters. The Hall–Kier alpha value is -3.16. The Kier molecular flexibility index (Phi) is 6.58. The molecule has 0 atom stereocenters. The van der Waals surface area contributed by atoms with E-state index in [1.165, 1.54) is 16.9 Å². The van der Waals surface area contributed by atoms with Gasteiger partial charge < -0.3 is 4.74 Å². The summed E-state index contributed by atoms with van der Waals surface area (Å²) >= 11 is 7.28. The number of thiophene rings is 1. The molecule has 8 heteroatoms. The zero-order chi connectivity index (χ0) is 22.7. The summed E-state index contributed by atoms with van der Waals surface area (Å²) in [5.41, 5.74) is 5.48. The maximum Gasteiger partial charge on any atom is 0.268 e. The monoisotopic (exact) mass is 466 g/mol. The number of aryl methyl sites for hydroxylation is 2. The van der Waals surface area contributed by atoms with Gasteiger partial charge in [-0.1, -0.05) is 29.8 Å². The zero-order valence-electron chi connectivity index (χ0n) is 18.1. The minimum Gasteiger partial charge on any atom is -0.489 e. The van der Waals surface area contributed by atoms with Crippen molar-refractivity contribution < 1.29 is 9.53 Å². The molecular weight excluding hydrogens is 444 g/mol. The van der Waals surface area contributed by atoms with E-state index in [1.54, 1.807) is 11.0 Å². The van der Waals surface area contributed by atoms with Crippen LogP contribution in [0.2, 0.25) is 5.02 Å². The van der Waals surface area contributed by atoms with Crippen LogP contribution in [0, 0.1) is 20.8 Å². The second-order valence-corrected chi connectivity index (χ2v) is 9.01. The molecule has 0 aliphatic carbocycles. The number of aromatic nitrogens is 3. The van der Waals surface area contributed by atoms with Gasteiger partial charge in [0.1, 0.15) is 18.7 Å². The molecule has 164 valence electrons. The maximum atomic E-state index is 12.6. The van der Waals surface area contributed by atoms with Crippen molar-refractivity contribution in [2.24, 2.45) is 0 Å². The van der Waals surface area contributed by atoms with Crippen LogP contribution in [0.1, 0.15) is 37.5 Å². The van der Waals surface area contributed by atoms with Crippen LogP contribution in [0.15, 0.2) is 54.2 Å². The summed E-state index contributed by atoms with van der Waals surface area (Å²) in [7, 11) is 0. The molecule has 1 amide bonds. The topological polar surface area (TPSA) is 69.0 Å². The maximum absolute atomic E-state index is 12.6. The van der Waals surface area contributed by atoms with Crippen LogP contribution < -0.4 is 10.1 Å². The first-order chi connectivity index (χ1) is 15.4. The van der Waals surface area contributed by atoms with Crippen LogP contribution in [-0.2, 0) is 13.2 Å². The molecule has 0 saturated heterocycles. The normalized spacial score (nSPS) is 10.9. The number of hydrogen-bond acceptors (Lipinski definition) is 5. The predicted molar refractivity (Wildman–Crippen MR) is 128 cm³/mol. The molecule has 0 bridgehead atoms. The van der Waals surface area contributed by atoms with Crippen molar-refractivity contribution in [3.63, 3.8) is 0 Å². The largest absolute Gasteiger partial charge is 0.489 e. The van der Waals surface area contributed by atoms with Gasteiger partial charge in [-0.3, -0.25) is 10.1 Å². The van der Waals surface area contributed by atoms with E-state index in [0.717, 1.165) is 28.0 Å². The standard InChI is InChI=1S/C24H23ClN4O2S/c1-15-8-16(2)17(3)21(9-15)31-12-19-10-22(32-13-19)23(30)27-24-26-14-29(28-24)11-18-4-6-20(25)7-5-18/h4-10,13-14H,11-12H2,1-3H3,(H,27,28,30). The lowest BCUT2D eigenvalue weighted by Gasteiger charge is -2.11. The third kappa shape index (κ3) is 5.36. The van der Waals surface area contributed by atoms with Crippen LogP contribution >= 0.6 is 22.9 Å². The third-order valence-corrected chi connectivity index (χ3v) is 6.29. The van der Waals surface area contributed by atoms with Crippen molar-refractivity contribution in [2.75, 3.05) is 5.32 Å². The molecule has 2 heterocycles. The van der Waals surface area contributed by atoms with Gasteiger partial charge in [-0.25, -0.2) is 9.67 Å². The number of amides is 1. The minimum absolute atomic E-state index is 0.243. The average molecular weight is 467 g/mol. The number of halogens is 1. The molecule has 32 heavy (non-hydrogen) atoms. The quantitative estimate of drug-likeness (QED) is 0.374. The molecule has 0 radical (unpaired) electrons. The van der Waals surface area contributed by atoms with Gasteiger partial charge in [0, 0.05) is 10.6 Å². The highest BCUT2D eigenvalue weighted by Crippen LogP contribution is 2.25. The fourth-order valence-electron chi connectivity index (χ4n) is 3.25. The molecule has 0 spiro atoms. The number of nitrogens with one attached hydrogen (secondary N) is 1. The van der Waals surface area contributed by atoms with Crippen LogP contribution in [-0.4, -0.2) is 20.7 Å². The predicted octanol–water partition coefficient (Wildman–Crippen LogP) is 5.80. The summed E-state index contributed by atoms with van der Waals surface area (Å²) in [6.07, 6.45) is 1.59. The van der Waals surface area contributed by atoms with Gasteiger partial charge in [0.15, 0.2) is 0 Å². The molecule has 2 aromatic carbocycles. The Morgan fingerprint density at radius 3 is 2.69 bits per heavy atom. The number of ether oxygens (including phenoxy) is 1. The molecule has 0 saturated carbocycles. The van der Waals surface area contributed by atoms with E-state index in [1.807, 2.05) is 41.8 Å². The van der Waals surface area contributed by atoms with E-state index in [4.69, 9.17) is 16.3 Å². The van der Waals surface area contributed by atoms with Gasteiger partial charge in [-0.15, -0.1) is 16.4 Å². The van der Waals surface area contributed by atoms with E-state index >= 15 is 0 Å². The van der Waals surface area contributed by atoms with Gasteiger partial charge in [0.2, 0.25) is 5.95 Å². The number of hydrogen-bond donors (Lipinski definition) is 1. The number of carbonyl (C=O) groups excluding carboxylic acids is 1. The molecule has 2 aromatic heterocycles. The molecule has 4 rings (SSSR count). The van der Waals surface area contributed by atoms with Gasteiger partial charge >= 0.3 is 0 Å². The summed E-state index contributed by atoms with van der Waals surface area (Å²) in [4.78, 5) is 17.4. The first kappa shape index (κ1) is 22.0. The second-order valence-electron chi connectivity index (χ2n) is 7.66. The van der Waals surface area contributed by atoms with Crippen molar-refractivity contribution in [2.45, 2.75) is 33.9 Å². The lowest BCUT2D eigenvalue weighted by Crippen LogP contribution is -2.12. The summed E-state index contributed by atoms with van der Waals surface area (Å²) in [5.74, 6) is 0.893. The van der Waals surface area contributed by atoms with E-state index in [2.05, 4.69) is 42.2 Å². The summed E-state index contributed by atoms with van der Waals surface area (Å²) in [6.45, 7) is 7.12. The van der Waals surface area contributed by atoms with Crippen molar-refractivity contribution in [1.82, 2.24) is 14.8 Å². The van der Waals surface area contributed by atoms with Gasteiger partial charge in [0.25, 0.3) is 5.91 Å². The van der Waals surface area contributed by atoms with Crippen molar-refractivity contribution in [1.29, 1.82) is 0 Å². The smallest absolute Gasteiger partial charge is 0.268 e. The Bertz CT molecular complexity index is 1250. The Morgan fingerprint density at radius 1 is 1.12 bits per heavy atom. The number of anilines is 1. The third-order valence-electron chi connectivity index (χ3n) is 5.06.